The topological polar surface area (TPSA) is 84.5 Å². The van der Waals surface area contributed by atoms with E-state index in [0.717, 1.165) is 18.6 Å². The summed E-state index contributed by atoms with van der Waals surface area (Å²) in [6.07, 6.45) is 1.48. The molecule has 150 valence electrons. The van der Waals surface area contributed by atoms with Crippen molar-refractivity contribution in [1.82, 2.24) is 15.1 Å². The summed E-state index contributed by atoms with van der Waals surface area (Å²) in [6, 6.07) is 8.68. The Bertz CT molecular complexity index is 834. The van der Waals surface area contributed by atoms with Gasteiger partial charge in [-0.1, -0.05) is 11.6 Å². The second-order valence-electron chi connectivity index (χ2n) is 7.73. The fraction of sp³-hybridized carbons (Fsp3) is 0.450. The Morgan fingerprint density at radius 3 is 2.43 bits per heavy atom. The van der Waals surface area contributed by atoms with Crippen LogP contribution in [0.5, 0.6) is 5.75 Å². The van der Waals surface area contributed by atoms with Gasteiger partial charge in [0.05, 0.1) is 0 Å². The van der Waals surface area contributed by atoms with Gasteiger partial charge < -0.3 is 14.4 Å². The standard InChI is InChI=1S/C20H24ClN3O4/c1-20(2,3)28-19(26)17-12-16(22-23-17)18(25)24-10-8-15(9-11-24)27-14-6-4-13(21)5-7-14/h4-7,12,15H,8-11H2,1-3H3,(H,22,23). The molecule has 1 aliphatic heterocycles. The molecule has 0 spiro atoms. The summed E-state index contributed by atoms with van der Waals surface area (Å²) in [4.78, 5) is 26.4. The van der Waals surface area contributed by atoms with Gasteiger partial charge in [0.1, 0.15) is 23.1 Å². The first kappa shape index (κ1) is 20.2. The van der Waals surface area contributed by atoms with E-state index in [2.05, 4.69) is 10.2 Å². The van der Waals surface area contributed by atoms with Crippen molar-refractivity contribution in [3.8, 4) is 5.75 Å². The van der Waals surface area contributed by atoms with Crippen LogP contribution in [0.3, 0.4) is 0 Å². The lowest BCUT2D eigenvalue weighted by atomic mass is 10.1. The van der Waals surface area contributed by atoms with Crippen LogP contribution in [-0.4, -0.2) is 51.8 Å². The number of H-pyrrole nitrogens is 1. The van der Waals surface area contributed by atoms with Crippen LogP contribution in [0.25, 0.3) is 0 Å². The second kappa shape index (κ2) is 8.22. The number of halogens is 1. The van der Waals surface area contributed by atoms with E-state index in [0.29, 0.717) is 18.1 Å². The largest absolute Gasteiger partial charge is 0.490 e. The Hall–Kier alpha value is -2.54. The molecule has 3 rings (SSSR count). The van der Waals surface area contributed by atoms with Crippen molar-refractivity contribution < 1.29 is 19.1 Å². The zero-order valence-corrected chi connectivity index (χ0v) is 17.0. The van der Waals surface area contributed by atoms with Gasteiger partial charge in [-0.05, 0) is 45.0 Å². The van der Waals surface area contributed by atoms with Crippen LogP contribution in [-0.2, 0) is 4.74 Å². The molecule has 0 radical (unpaired) electrons. The van der Waals surface area contributed by atoms with Crippen molar-refractivity contribution in [2.45, 2.75) is 45.3 Å². The molecule has 1 aromatic carbocycles. The number of carbonyl (C=O) groups excluding carboxylic acids is 2. The molecule has 1 N–H and O–H groups in total. The highest BCUT2D eigenvalue weighted by Crippen LogP contribution is 2.22. The Morgan fingerprint density at radius 2 is 1.82 bits per heavy atom. The van der Waals surface area contributed by atoms with Gasteiger partial charge >= 0.3 is 5.97 Å². The third kappa shape index (κ3) is 5.25. The van der Waals surface area contributed by atoms with Gasteiger partial charge in [0.15, 0.2) is 5.69 Å². The number of rotatable bonds is 4. The minimum Gasteiger partial charge on any atom is -0.490 e. The average molecular weight is 406 g/mol. The zero-order chi connectivity index (χ0) is 20.3. The summed E-state index contributed by atoms with van der Waals surface area (Å²) in [5, 5.41) is 7.23. The number of hydrogen-bond acceptors (Lipinski definition) is 5. The van der Waals surface area contributed by atoms with E-state index in [1.54, 1.807) is 37.8 Å². The first-order valence-corrected chi connectivity index (χ1v) is 9.59. The molecule has 0 saturated carbocycles. The Morgan fingerprint density at radius 1 is 1.18 bits per heavy atom. The van der Waals surface area contributed by atoms with Crippen molar-refractivity contribution in [2.75, 3.05) is 13.1 Å². The lowest BCUT2D eigenvalue weighted by Gasteiger charge is -2.31. The predicted molar refractivity (Wildman–Crippen MR) is 105 cm³/mol. The van der Waals surface area contributed by atoms with Crippen LogP contribution < -0.4 is 4.74 Å². The van der Waals surface area contributed by atoms with Crippen LogP contribution in [0.1, 0.15) is 54.6 Å². The number of carbonyl (C=O) groups is 2. The number of benzene rings is 1. The fourth-order valence-electron chi connectivity index (χ4n) is 2.91. The van der Waals surface area contributed by atoms with Gasteiger partial charge in [-0.2, -0.15) is 5.10 Å². The smallest absolute Gasteiger partial charge is 0.356 e. The van der Waals surface area contributed by atoms with Crippen LogP contribution in [0.15, 0.2) is 30.3 Å². The highest BCUT2D eigenvalue weighted by Gasteiger charge is 2.27. The minimum atomic E-state index is -0.613. The van der Waals surface area contributed by atoms with E-state index in [9.17, 15) is 9.59 Å². The molecule has 8 heteroatoms. The Kier molecular flexibility index (Phi) is 5.93. The number of hydrogen-bond donors (Lipinski definition) is 1. The Balaban J connectivity index is 1.54. The van der Waals surface area contributed by atoms with Gasteiger partial charge in [0.2, 0.25) is 0 Å². The fourth-order valence-corrected chi connectivity index (χ4v) is 3.04. The molecule has 7 nitrogen and oxygen atoms in total. The molecule has 1 fully saturated rings. The minimum absolute atomic E-state index is 0.0433. The third-order valence-corrected chi connectivity index (χ3v) is 4.51. The van der Waals surface area contributed by atoms with Crippen molar-refractivity contribution in [3.63, 3.8) is 0 Å². The number of amides is 1. The number of piperidine rings is 1. The SMILES string of the molecule is CC(C)(C)OC(=O)c1cc(C(=O)N2CCC(Oc3ccc(Cl)cc3)CC2)n[nH]1. The number of ether oxygens (including phenoxy) is 2. The van der Waals surface area contributed by atoms with Crippen LogP contribution in [0, 0.1) is 0 Å². The molecule has 0 unspecified atom stereocenters. The molecule has 2 heterocycles. The molecule has 1 saturated heterocycles. The van der Waals surface area contributed by atoms with Crippen LogP contribution >= 0.6 is 11.6 Å². The molecule has 0 atom stereocenters. The van der Waals surface area contributed by atoms with Crippen molar-refractivity contribution in [1.29, 1.82) is 0 Å². The summed E-state index contributed by atoms with van der Waals surface area (Å²) in [7, 11) is 0. The molecule has 1 aliphatic rings. The van der Waals surface area contributed by atoms with E-state index in [4.69, 9.17) is 21.1 Å². The van der Waals surface area contributed by atoms with E-state index in [-0.39, 0.29) is 23.4 Å². The quantitative estimate of drug-likeness (QED) is 0.784. The summed E-state index contributed by atoms with van der Waals surface area (Å²) >= 11 is 5.88. The average Bonchev–Trinajstić information content (AvgIpc) is 3.13. The predicted octanol–water partition coefficient (Wildman–Crippen LogP) is 3.70. The van der Waals surface area contributed by atoms with Gasteiger partial charge in [0.25, 0.3) is 5.91 Å². The first-order valence-electron chi connectivity index (χ1n) is 9.21. The highest BCUT2D eigenvalue weighted by atomic mass is 35.5. The monoisotopic (exact) mass is 405 g/mol. The third-order valence-electron chi connectivity index (χ3n) is 4.26. The second-order valence-corrected chi connectivity index (χ2v) is 8.17. The molecule has 28 heavy (non-hydrogen) atoms. The number of nitrogens with one attached hydrogen (secondary N) is 1. The van der Waals surface area contributed by atoms with Gasteiger partial charge in [-0.3, -0.25) is 9.89 Å². The maximum Gasteiger partial charge on any atom is 0.356 e. The number of likely N-dealkylation sites (tertiary alicyclic amines) is 1. The molecule has 0 aliphatic carbocycles. The lowest BCUT2D eigenvalue weighted by Crippen LogP contribution is -2.41. The van der Waals surface area contributed by atoms with E-state index in [1.165, 1.54) is 6.07 Å². The highest BCUT2D eigenvalue weighted by molar-refractivity contribution is 6.30. The molecule has 2 aromatic rings. The number of esters is 1. The van der Waals surface area contributed by atoms with Crippen molar-refractivity contribution in [2.24, 2.45) is 0 Å². The maximum absolute atomic E-state index is 12.7. The molecule has 1 amide bonds. The van der Waals surface area contributed by atoms with E-state index >= 15 is 0 Å². The van der Waals surface area contributed by atoms with E-state index < -0.39 is 11.6 Å². The summed E-state index contributed by atoms with van der Waals surface area (Å²) in [5.41, 5.74) is -0.240. The van der Waals surface area contributed by atoms with Crippen molar-refractivity contribution >= 4 is 23.5 Å². The zero-order valence-electron chi connectivity index (χ0n) is 16.2. The molecular weight excluding hydrogens is 382 g/mol. The van der Waals surface area contributed by atoms with Gasteiger partial charge in [0, 0.05) is 37.0 Å². The van der Waals surface area contributed by atoms with Crippen LogP contribution in [0.2, 0.25) is 5.02 Å². The summed E-state index contributed by atoms with van der Waals surface area (Å²) < 4.78 is 11.2. The van der Waals surface area contributed by atoms with E-state index in [1.807, 2.05) is 12.1 Å². The molecular formula is C20H24ClN3O4. The number of aromatic amines is 1. The number of nitrogens with zero attached hydrogens (tertiary/aromatic N) is 2. The normalized spacial score (nSPS) is 15.4. The molecule has 1 aromatic heterocycles. The van der Waals surface area contributed by atoms with Gasteiger partial charge in [-0.25, -0.2) is 4.79 Å². The van der Waals surface area contributed by atoms with Gasteiger partial charge in [-0.15, -0.1) is 0 Å². The first-order chi connectivity index (χ1) is 13.2. The molecule has 0 bridgehead atoms. The Labute approximate surface area is 169 Å². The van der Waals surface area contributed by atoms with Crippen molar-refractivity contribution in [3.05, 3.63) is 46.7 Å². The number of aromatic nitrogens is 2. The summed E-state index contributed by atoms with van der Waals surface area (Å²) in [5.74, 6) is 0.0219. The maximum atomic E-state index is 12.7. The lowest BCUT2D eigenvalue weighted by molar-refractivity contribution is 0.00627. The van der Waals surface area contributed by atoms with Crippen LogP contribution in [0.4, 0.5) is 0 Å². The summed E-state index contributed by atoms with van der Waals surface area (Å²) in [6.45, 7) is 6.47.